The highest BCUT2D eigenvalue weighted by atomic mass is 127. The molecule has 0 saturated carbocycles. The Kier molecular flexibility index (Phi) is 3.89. The fourth-order valence-corrected chi connectivity index (χ4v) is 1.76. The van der Waals surface area contributed by atoms with Crippen LogP contribution in [0.2, 0.25) is 0 Å². The van der Waals surface area contributed by atoms with Crippen molar-refractivity contribution in [1.82, 2.24) is 4.98 Å². The van der Waals surface area contributed by atoms with Gasteiger partial charge < -0.3 is 5.11 Å². The Balaban J connectivity index is 3.26. The van der Waals surface area contributed by atoms with E-state index in [2.05, 4.69) is 4.98 Å². The Morgan fingerprint density at radius 1 is 1.60 bits per heavy atom. The van der Waals surface area contributed by atoms with Gasteiger partial charge in [-0.15, -0.1) is 0 Å². The van der Waals surface area contributed by atoms with E-state index >= 15 is 0 Å². The van der Waals surface area contributed by atoms with E-state index in [-0.39, 0.29) is 9.13 Å². The van der Waals surface area contributed by atoms with Crippen LogP contribution in [0.5, 0.6) is 0 Å². The first-order valence-electron chi connectivity index (χ1n) is 3.76. The van der Waals surface area contributed by atoms with Gasteiger partial charge in [0.25, 0.3) is 6.43 Å². The van der Waals surface area contributed by atoms with E-state index in [9.17, 15) is 18.0 Å². The number of carbonyl (C=O) groups is 1. The number of hydrogen-bond acceptors (Lipinski definition) is 2. The summed E-state index contributed by atoms with van der Waals surface area (Å²) in [7, 11) is 0. The maximum atomic E-state index is 12.7. The first-order valence-corrected chi connectivity index (χ1v) is 4.84. The molecule has 15 heavy (non-hydrogen) atoms. The molecule has 0 unspecified atom stereocenters. The number of rotatable bonds is 3. The summed E-state index contributed by atoms with van der Waals surface area (Å²) in [6, 6.07) is 0.921. The molecule has 0 fully saturated rings. The molecule has 3 nitrogen and oxygen atoms in total. The van der Waals surface area contributed by atoms with Crippen molar-refractivity contribution in [2.75, 3.05) is 0 Å². The summed E-state index contributed by atoms with van der Waals surface area (Å²) in [5, 5.41) is 8.50. The average molecular weight is 331 g/mol. The molecule has 1 N–H and O–H groups in total. The standard InChI is InChI=1S/C8H5F3INO2/c9-5-2-4(12)3(1-6(14)15)7(13-5)8(10)11/h2,8H,1H2,(H,14,15). The van der Waals surface area contributed by atoms with Crippen molar-refractivity contribution in [3.05, 3.63) is 26.8 Å². The van der Waals surface area contributed by atoms with Crippen molar-refractivity contribution < 1.29 is 23.1 Å². The highest BCUT2D eigenvalue weighted by Crippen LogP contribution is 2.25. The zero-order valence-electron chi connectivity index (χ0n) is 7.18. The molecule has 0 atom stereocenters. The van der Waals surface area contributed by atoms with E-state index in [4.69, 9.17) is 5.11 Å². The second kappa shape index (κ2) is 4.77. The summed E-state index contributed by atoms with van der Waals surface area (Å²) in [6.07, 6.45) is -3.57. The molecule has 0 aliphatic carbocycles. The molecule has 82 valence electrons. The summed E-state index contributed by atoms with van der Waals surface area (Å²) >= 11 is 1.60. The predicted molar refractivity (Wildman–Crippen MR) is 53.2 cm³/mol. The molecule has 0 radical (unpaired) electrons. The summed E-state index contributed by atoms with van der Waals surface area (Å²) in [4.78, 5) is 13.4. The number of aromatic nitrogens is 1. The number of hydrogen-bond donors (Lipinski definition) is 1. The lowest BCUT2D eigenvalue weighted by atomic mass is 10.1. The summed E-state index contributed by atoms with van der Waals surface area (Å²) in [6.45, 7) is 0. The zero-order valence-corrected chi connectivity index (χ0v) is 9.33. The van der Waals surface area contributed by atoms with E-state index in [1.807, 2.05) is 0 Å². The van der Waals surface area contributed by atoms with Crippen molar-refractivity contribution in [2.24, 2.45) is 0 Å². The molecule has 7 heteroatoms. The van der Waals surface area contributed by atoms with Crippen molar-refractivity contribution in [2.45, 2.75) is 12.8 Å². The van der Waals surface area contributed by atoms with Crippen LogP contribution in [0.1, 0.15) is 17.7 Å². The lowest BCUT2D eigenvalue weighted by Crippen LogP contribution is -2.09. The summed E-state index contributed by atoms with van der Waals surface area (Å²) in [5.41, 5.74) is -0.943. The van der Waals surface area contributed by atoms with Gasteiger partial charge in [0.05, 0.1) is 6.42 Å². The van der Waals surface area contributed by atoms with Crippen LogP contribution in [0.3, 0.4) is 0 Å². The molecule has 0 aromatic carbocycles. The quantitative estimate of drug-likeness (QED) is 0.684. The molecule has 0 spiro atoms. The smallest absolute Gasteiger partial charge is 0.307 e. The van der Waals surface area contributed by atoms with Crippen LogP contribution in [-0.4, -0.2) is 16.1 Å². The Bertz CT molecular complexity index is 398. The average Bonchev–Trinajstić information content (AvgIpc) is 2.08. The summed E-state index contributed by atoms with van der Waals surface area (Å²) in [5.74, 6) is -2.30. The Hall–Kier alpha value is -0.860. The normalized spacial score (nSPS) is 10.7. The zero-order chi connectivity index (χ0) is 11.6. The molecule has 0 saturated heterocycles. The minimum absolute atomic E-state index is 0.137. The minimum atomic E-state index is -2.98. The molecule has 0 aliphatic rings. The maximum absolute atomic E-state index is 12.7. The fourth-order valence-electron chi connectivity index (χ4n) is 1.04. The van der Waals surface area contributed by atoms with Crippen molar-refractivity contribution in [3.63, 3.8) is 0 Å². The van der Waals surface area contributed by atoms with Gasteiger partial charge >= 0.3 is 5.97 Å². The first kappa shape index (κ1) is 12.2. The lowest BCUT2D eigenvalue weighted by Gasteiger charge is -2.08. The number of alkyl halides is 2. The maximum Gasteiger partial charge on any atom is 0.307 e. The minimum Gasteiger partial charge on any atom is -0.481 e. The molecule has 0 bridgehead atoms. The van der Waals surface area contributed by atoms with Gasteiger partial charge in [-0.2, -0.15) is 4.39 Å². The Labute approximate surface area is 96.5 Å². The van der Waals surface area contributed by atoms with Gasteiger partial charge in [0.1, 0.15) is 5.69 Å². The van der Waals surface area contributed by atoms with E-state index in [0.29, 0.717) is 0 Å². The van der Waals surface area contributed by atoms with Gasteiger partial charge in [0.15, 0.2) is 0 Å². The van der Waals surface area contributed by atoms with Gasteiger partial charge in [-0.25, -0.2) is 13.8 Å². The fraction of sp³-hybridized carbons (Fsp3) is 0.250. The van der Waals surface area contributed by atoms with Crippen LogP contribution in [0.4, 0.5) is 13.2 Å². The highest BCUT2D eigenvalue weighted by Gasteiger charge is 2.20. The van der Waals surface area contributed by atoms with Crippen LogP contribution in [0.25, 0.3) is 0 Å². The van der Waals surface area contributed by atoms with Gasteiger partial charge in [-0.05, 0) is 22.6 Å². The lowest BCUT2D eigenvalue weighted by molar-refractivity contribution is -0.136. The molecule has 1 heterocycles. The van der Waals surface area contributed by atoms with E-state index in [1.54, 1.807) is 22.6 Å². The van der Waals surface area contributed by atoms with Gasteiger partial charge in [0, 0.05) is 15.2 Å². The van der Waals surface area contributed by atoms with Crippen LogP contribution in [0.15, 0.2) is 6.07 Å². The molecule has 1 aromatic heterocycles. The third kappa shape index (κ3) is 3.05. The highest BCUT2D eigenvalue weighted by molar-refractivity contribution is 14.1. The number of aliphatic carboxylic acids is 1. The number of carboxylic acids is 1. The van der Waals surface area contributed by atoms with Crippen LogP contribution in [-0.2, 0) is 11.2 Å². The van der Waals surface area contributed by atoms with Crippen LogP contribution in [0, 0.1) is 9.52 Å². The SMILES string of the molecule is O=C(O)Cc1c(I)cc(F)nc1C(F)F. The second-order valence-corrected chi connectivity index (χ2v) is 3.82. The molecular formula is C8H5F3INO2. The molecule has 1 aromatic rings. The Morgan fingerprint density at radius 3 is 2.67 bits per heavy atom. The predicted octanol–water partition coefficient (Wildman–Crippen LogP) is 2.39. The Morgan fingerprint density at radius 2 is 2.20 bits per heavy atom. The van der Waals surface area contributed by atoms with Gasteiger partial charge in [0.2, 0.25) is 5.95 Å². The van der Waals surface area contributed by atoms with Crippen LogP contribution < -0.4 is 0 Å². The second-order valence-electron chi connectivity index (χ2n) is 2.66. The molecular weight excluding hydrogens is 326 g/mol. The largest absolute Gasteiger partial charge is 0.481 e. The summed E-state index contributed by atoms with van der Waals surface area (Å²) < 4.78 is 37.7. The molecule has 1 rings (SSSR count). The third-order valence-corrected chi connectivity index (χ3v) is 2.57. The molecule has 0 aliphatic heterocycles. The number of carboxylic acid groups (broad SMARTS) is 1. The van der Waals surface area contributed by atoms with E-state index < -0.39 is 30.5 Å². The van der Waals surface area contributed by atoms with Crippen molar-refractivity contribution in [1.29, 1.82) is 0 Å². The first-order chi connectivity index (χ1) is 6.91. The van der Waals surface area contributed by atoms with Crippen molar-refractivity contribution >= 4 is 28.6 Å². The van der Waals surface area contributed by atoms with E-state index in [0.717, 1.165) is 6.07 Å². The van der Waals surface area contributed by atoms with Crippen molar-refractivity contribution in [3.8, 4) is 0 Å². The van der Waals surface area contributed by atoms with Crippen LogP contribution >= 0.6 is 22.6 Å². The van der Waals surface area contributed by atoms with Gasteiger partial charge in [-0.1, -0.05) is 0 Å². The number of nitrogens with zero attached hydrogens (tertiary/aromatic N) is 1. The third-order valence-electron chi connectivity index (χ3n) is 1.61. The monoisotopic (exact) mass is 331 g/mol. The number of halogens is 4. The topological polar surface area (TPSA) is 50.2 Å². The van der Waals surface area contributed by atoms with Gasteiger partial charge in [-0.3, -0.25) is 4.79 Å². The number of pyridine rings is 1. The molecule has 0 amide bonds. The van der Waals surface area contributed by atoms with E-state index in [1.165, 1.54) is 0 Å².